The highest BCUT2D eigenvalue weighted by Crippen LogP contribution is 2.21. The van der Waals surface area contributed by atoms with Crippen LogP contribution in [0.2, 0.25) is 0 Å². The molecule has 0 bridgehead atoms. The molecule has 2 heterocycles. The van der Waals surface area contributed by atoms with E-state index in [-0.39, 0.29) is 0 Å². The fourth-order valence-electron chi connectivity index (χ4n) is 2.66. The summed E-state index contributed by atoms with van der Waals surface area (Å²) < 4.78 is 2.09. The number of rotatable bonds is 3. The van der Waals surface area contributed by atoms with Crippen LogP contribution in [0.4, 0.5) is 0 Å². The molecule has 2 aromatic heterocycles. The Morgan fingerprint density at radius 1 is 1.20 bits per heavy atom. The molecule has 0 aliphatic rings. The van der Waals surface area contributed by atoms with Crippen molar-refractivity contribution < 1.29 is 5.11 Å². The number of aromatic nitrogens is 2. The van der Waals surface area contributed by atoms with Crippen molar-refractivity contribution in [3.05, 3.63) is 65.6 Å². The number of benzene rings is 1. The lowest BCUT2D eigenvalue weighted by Crippen LogP contribution is -2.06. The molecule has 3 heteroatoms. The summed E-state index contributed by atoms with van der Waals surface area (Å²) in [6.45, 7) is 4.56. The van der Waals surface area contributed by atoms with Crippen LogP contribution in [0.5, 0.6) is 0 Å². The summed E-state index contributed by atoms with van der Waals surface area (Å²) in [6.07, 6.45) is 1.55. The predicted molar refractivity (Wildman–Crippen MR) is 80.6 cm³/mol. The van der Waals surface area contributed by atoms with Gasteiger partial charge in [-0.2, -0.15) is 0 Å². The Morgan fingerprint density at radius 3 is 2.80 bits per heavy atom. The molecule has 0 fully saturated rings. The summed E-state index contributed by atoms with van der Waals surface area (Å²) in [5, 5.41) is 11.0. The normalized spacial score (nSPS) is 12.8. The molecule has 0 aliphatic heterocycles. The van der Waals surface area contributed by atoms with Gasteiger partial charge in [-0.25, -0.2) is 0 Å². The van der Waals surface area contributed by atoms with Crippen LogP contribution < -0.4 is 0 Å². The SMILES string of the molecule is Cc1cc(Cn2cccc2C(C)O)c2ccccc2n1. The molecule has 0 radical (unpaired) electrons. The number of fused-ring (bicyclic) bond motifs is 1. The number of pyridine rings is 1. The van der Waals surface area contributed by atoms with Gasteiger partial charge in [0.25, 0.3) is 0 Å². The number of para-hydroxylation sites is 1. The van der Waals surface area contributed by atoms with Crippen molar-refractivity contribution in [3.8, 4) is 0 Å². The molecule has 0 saturated carbocycles. The molecule has 1 unspecified atom stereocenters. The van der Waals surface area contributed by atoms with E-state index in [1.165, 1.54) is 10.9 Å². The minimum atomic E-state index is -0.459. The zero-order valence-electron chi connectivity index (χ0n) is 11.7. The highest BCUT2D eigenvalue weighted by atomic mass is 16.3. The van der Waals surface area contributed by atoms with Gasteiger partial charge in [-0.05, 0) is 43.7 Å². The Kier molecular flexibility index (Phi) is 3.28. The van der Waals surface area contributed by atoms with Gasteiger partial charge in [0.2, 0.25) is 0 Å². The van der Waals surface area contributed by atoms with Crippen molar-refractivity contribution >= 4 is 10.9 Å². The van der Waals surface area contributed by atoms with E-state index in [9.17, 15) is 5.11 Å². The average Bonchev–Trinajstić information content (AvgIpc) is 2.87. The first-order valence-corrected chi connectivity index (χ1v) is 6.83. The quantitative estimate of drug-likeness (QED) is 0.788. The van der Waals surface area contributed by atoms with E-state index < -0.39 is 6.10 Å². The highest BCUT2D eigenvalue weighted by molar-refractivity contribution is 5.82. The van der Waals surface area contributed by atoms with Gasteiger partial charge in [0, 0.05) is 29.5 Å². The van der Waals surface area contributed by atoms with E-state index in [4.69, 9.17) is 0 Å². The van der Waals surface area contributed by atoms with E-state index in [0.717, 1.165) is 23.4 Å². The van der Waals surface area contributed by atoms with Crippen molar-refractivity contribution in [2.24, 2.45) is 0 Å². The van der Waals surface area contributed by atoms with Gasteiger partial charge in [0.05, 0.1) is 11.6 Å². The van der Waals surface area contributed by atoms with Crippen LogP contribution in [0.3, 0.4) is 0 Å². The molecule has 20 heavy (non-hydrogen) atoms. The molecule has 3 nitrogen and oxygen atoms in total. The van der Waals surface area contributed by atoms with Gasteiger partial charge >= 0.3 is 0 Å². The second kappa shape index (κ2) is 5.10. The number of hydrogen-bond donors (Lipinski definition) is 1. The topological polar surface area (TPSA) is 38.0 Å². The summed E-state index contributed by atoms with van der Waals surface area (Å²) in [5.41, 5.74) is 4.20. The molecule has 1 atom stereocenters. The Balaban J connectivity index is 2.08. The van der Waals surface area contributed by atoms with Gasteiger partial charge in [0.15, 0.2) is 0 Å². The second-order valence-electron chi connectivity index (χ2n) is 5.18. The lowest BCUT2D eigenvalue weighted by molar-refractivity contribution is 0.190. The molecular formula is C17H18N2O. The molecule has 0 saturated heterocycles. The van der Waals surface area contributed by atoms with Crippen molar-refractivity contribution in [2.45, 2.75) is 26.5 Å². The van der Waals surface area contributed by atoms with E-state index in [0.29, 0.717) is 0 Å². The van der Waals surface area contributed by atoms with E-state index in [2.05, 4.69) is 21.7 Å². The third-order valence-electron chi connectivity index (χ3n) is 3.56. The molecule has 1 aromatic carbocycles. The molecular weight excluding hydrogens is 248 g/mol. The van der Waals surface area contributed by atoms with E-state index >= 15 is 0 Å². The van der Waals surface area contributed by atoms with Crippen LogP contribution in [0, 0.1) is 6.92 Å². The Hall–Kier alpha value is -2.13. The van der Waals surface area contributed by atoms with Crippen molar-refractivity contribution in [1.29, 1.82) is 0 Å². The maximum absolute atomic E-state index is 9.81. The van der Waals surface area contributed by atoms with Crippen LogP contribution in [0.1, 0.15) is 30.0 Å². The molecule has 0 spiro atoms. The number of hydrogen-bond acceptors (Lipinski definition) is 2. The number of aliphatic hydroxyl groups is 1. The van der Waals surface area contributed by atoms with Crippen LogP contribution in [-0.2, 0) is 6.54 Å². The van der Waals surface area contributed by atoms with Crippen molar-refractivity contribution in [3.63, 3.8) is 0 Å². The third kappa shape index (κ3) is 2.32. The Bertz CT molecular complexity index is 744. The monoisotopic (exact) mass is 266 g/mol. The summed E-state index contributed by atoms with van der Waals surface area (Å²) in [7, 11) is 0. The van der Waals surface area contributed by atoms with Crippen LogP contribution in [0.25, 0.3) is 10.9 Å². The summed E-state index contributed by atoms with van der Waals surface area (Å²) in [4.78, 5) is 4.56. The summed E-state index contributed by atoms with van der Waals surface area (Å²) in [6, 6.07) is 14.2. The fourth-order valence-corrected chi connectivity index (χ4v) is 2.66. The largest absolute Gasteiger partial charge is 0.387 e. The highest BCUT2D eigenvalue weighted by Gasteiger charge is 2.09. The van der Waals surface area contributed by atoms with Crippen LogP contribution >= 0.6 is 0 Å². The minimum absolute atomic E-state index is 0.459. The van der Waals surface area contributed by atoms with Gasteiger partial charge in [-0.1, -0.05) is 18.2 Å². The molecule has 3 aromatic rings. The van der Waals surface area contributed by atoms with Crippen LogP contribution in [0.15, 0.2) is 48.7 Å². The van der Waals surface area contributed by atoms with Gasteiger partial charge < -0.3 is 9.67 Å². The van der Waals surface area contributed by atoms with Gasteiger partial charge in [-0.3, -0.25) is 4.98 Å². The summed E-state index contributed by atoms with van der Waals surface area (Å²) >= 11 is 0. The minimum Gasteiger partial charge on any atom is -0.387 e. The van der Waals surface area contributed by atoms with E-state index in [1.807, 2.05) is 43.5 Å². The zero-order chi connectivity index (χ0) is 14.1. The molecule has 102 valence electrons. The van der Waals surface area contributed by atoms with Gasteiger partial charge in [-0.15, -0.1) is 0 Å². The Morgan fingerprint density at radius 2 is 2.00 bits per heavy atom. The lowest BCUT2D eigenvalue weighted by Gasteiger charge is -2.13. The first-order valence-electron chi connectivity index (χ1n) is 6.83. The smallest absolute Gasteiger partial charge is 0.0911 e. The van der Waals surface area contributed by atoms with Crippen molar-refractivity contribution in [2.75, 3.05) is 0 Å². The standard InChI is InChI=1S/C17H18N2O/c1-12-10-14(15-6-3-4-7-16(15)18-12)11-19-9-5-8-17(19)13(2)20/h3-10,13,20H,11H2,1-2H3. The van der Waals surface area contributed by atoms with E-state index in [1.54, 1.807) is 6.92 Å². The van der Waals surface area contributed by atoms with Crippen molar-refractivity contribution in [1.82, 2.24) is 9.55 Å². The molecule has 0 amide bonds. The Labute approximate surface area is 118 Å². The predicted octanol–water partition coefficient (Wildman–Crippen LogP) is 3.45. The first-order chi connectivity index (χ1) is 9.65. The maximum atomic E-state index is 9.81. The van der Waals surface area contributed by atoms with Gasteiger partial charge in [0.1, 0.15) is 0 Å². The number of aliphatic hydroxyl groups excluding tert-OH is 1. The first kappa shape index (κ1) is 12.9. The fraction of sp³-hybridized carbons (Fsp3) is 0.235. The zero-order valence-corrected chi connectivity index (χ0v) is 11.7. The molecule has 3 rings (SSSR count). The van der Waals surface area contributed by atoms with Crippen LogP contribution in [-0.4, -0.2) is 14.7 Å². The second-order valence-corrected chi connectivity index (χ2v) is 5.18. The number of nitrogens with zero attached hydrogens (tertiary/aromatic N) is 2. The third-order valence-corrected chi connectivity index (χ3v) is 3.56. The molecule has 1 N–H and O–H groups in total. The summed E-state index contributed by atoms with van der Waals surface area (Å²) in [5.74, 6) is 0. The number of aryl methyl sites for hydroxylation is 1. The lowest BCUT2D eigenvalue weighted by atomic mass is 10.1. The average molecular weight is 266 g/mol. The molecule has 0 aliphatic carbocycles. The maximum Gasteiger partial charge on any atom is 0.0911 e.